The van der Waals surface area contributed by atoms with Gasteiger partial charge in [-0.25, -0.2) is 0 Å². The normalized spacial score (nSPS) is 10.1. The molecule has 1 amide bonds. The highest BCUT2D eigenvalue weighted by molar-refractivity contribution is 6.04. The molecule has 4 heteroatoms. The Morgan fingerprint density at radius 2 is 2.06 bits per heavy atom. The van der Waals surface area contributed by atoms with Crippen LogP contribution < -0.4 is 5.32 Å². The average Bonchev–Trinajstić information content (AvgIpc) is 2.35. The van der Waals surface area contributed by atoms with Crippen molar-refractivity contribution >= 4 is 11.6 Å². The predicted molar refractivity (Wildman–Crippen MR) is 69.8 cm³/mol. The van der Waals surface area contributed by atoms with Crippen molar-refractivity contribution in [2.24, 2.45) is 0 Å². The summed E-state index contributed by atoms with van der Waals surface area (Å²) in [4.78, 5) is 16.1. The summed E-state index contributed by atoms with van der Waals surface area (Å²) in [7, 11) is 0. The van der Waals surface area contributed by atoms with Gasteiger partial charge in [0.1, 0.15) is 5.75 Å². The maximum Gasteiger partial charge on any atom is 0.255 e. The smallest absolute Gasteiger partial charge is 0.255 e. The largest absolute Gasteiger partial charge is 0.508 e. The van der Waals surface area contributed by atoms with Crippen molar-refractivity contribution in [3.8, 4) is 5.75 Å². The second-order valence-electron chi connectivity index (χ2n) is 4.09. The van der Waals surface area contributed by atoms with Crippen molar-refractivity contribution in [3.05, 3.63) is 53.3 Å². The van der Waals surface area contributed by atoms with Gasteiger partial charge in [0, 0.05) is 28.7 Å². The van der Waals surface area contributed by atoms with E-state index >= 15 is 0 Å². The summed E-state index contributed by atoms with van der Waals surface area (Å²) in [5.74, 6) is -0.0482. The molecule has 1 aromatic heterocycles. The molecule has 0 aliphatic rings. The van der Waals surface area contributed by atoms with E-state index in [4.69, 9.17) is 0 Å². The van der Waals surface area contributed by atoms with Crippen LogP contribution in [0.2, 0.25) is 0 Å². The molecule has 0 saturated heterocycles. The van der Waals surface area contributed by atoms with Crippen LogP contribution >= 0.6 is 0 Å². The molecule has 0 spiro atoms. The Morgan fingerprint density at radius 3 is 2.78 bits per heavy atom. The van der Waals surface area contributed by atoms with Crippen molar-refractivity contribution in [1.82, 2.24) is 4.98 Å². The van der Waals surface area contributed by atoms with E-state index < -0.39 is 0 Å². The van der Waals surface area contributed by atoms with Crippen LogP contribution in [0, 0.1) is 13.8 Å². The van der Waals surface area contributed by atoms with Crippen molar-refractivity contribution < 1.29 is 9.90 Å². The van der Waals surface area contributed by atoms with E-state index in [2.05, 4.69) is 10.3 Å². The highest BCUT2D eigenvalue weighted by atomic mass is 16.3. The SMILES string of the molecule is Cc1cc(C(=O)Nc2cccc(O)c2C)ccn1. The van der Waals surface area contributed by atoms with Crippen LogP contribution in [0.3, 0.4) is 0 Å². The Balaban J connectivity index is 2.24. The van der Waals surface area contributed by atoms with E-state index in [1.807, 2.05) is 6.92 Å². The number of aryl methyl sites for hydroxylation is 1. The van der Waals surface area contributed by atoms with Gasteiger partial charge in [-0.15, -0.1) is 0 Å². The lowest BCUT2D eigenvalue weighted by Crippen LogP contribution is -2.13. The van der Waals surface area contributed by atoms with Gasteiger partial charge in [-0.05, 0) is 38.1 Å². The van der Waals surface area contributed by atoms with Crippen LogP contribution in [-0.4, -0.2) is 16.0 Å². The zero-order valence-electron chi connectivity index (χ0n) is 10.3. The molecule has 1 heterocycles. The summed E-state index contributed by atoms with van der Waals surface area (Å²) >= 11 is 0. The molecule has 2 rings (SSSR count). The molecule has 1 aromatic carbocycles. The van der Waals surface area contributed by atoms with Crippen molar-refractivity contribution in [2.75, 3.05) is 5.32 Å². The van der Waals surface area contributed by atoms with Gasteiger partial charge >= 0.3 is 0 Å². The summed E-state index contributed by atoms with van der Waals surface area (Å²) in [6.45, 7) is 3.58. The minimum absolute atomic E-state index is 0.165. The Bertz CT molecular complexity index is 594. The Labute approximate surface area is 105 Å². The number of aromatic nitrogens is 1. The van der Waals surface area contributed by atoms with E-state index in [0.29, 0.717) is 16.8 Å². The first kappa shape index (κ1) is 12.1. The summed E-state index contributed by atoms with van der Waals surface area (Å²) in [6.07, 6.45) is 1.60. The zero-order valence-corrected chi connectivity index (χ0v) is 10.3. The molecular weight excluding hydrogens is 228 g/mol. The van der Waals surface area contributed by atoms with E-state index in [-0.39, 0.29) is 11.7 Å². The van der Waals surface area contributed by atoms with Gasteiger partial charge in [-0.1, -0.05) is 6.07 Å². The second kappa shape index (κ2) is 4.87. The van der Waals surface area contributed by atoms with Gasteiger partial charge in [0.15, 0.2) is 0 Å². The Hall–Kier alpha value is -2.36. The van der Waals surface area contributed by atoms with Crippen LogP contribution in [-0.2, 0) is 0 Å². The summed E-state index contributed by atoms with van der Waals surface area (Å²) < 4.78 is 0. The fourth-order valence-electron chi connectivity index (χ4n) is 1.64. The van der Waals surface area contributed by atoms with Gasteiger partial charge in [0.2, 0.25) is 0 Å². The molecule has 0 atom stereocenters. The number of benzene rings is 1. The van der Waals surface area contributed by atoms with E-state index in [0.717, 1.165) is 5.69 Å². The highest BCUT2D eigenvalue weighted by Crippen LogP contribution is 2.24. The Kier molecular flexibility index (Phi) is 3.28. The minimum atomic E-state index is -0.214. The number of aromatic hydroxyl groups is 1. The molecule has 92 valence electrons. The number of rotatable bonds is 2. The van der Waals surface area contributed by atoms with E-state index in [1.54, 1.807) is 43.5 Å². The number of pyridine rings is 1. The molecule has 0 saturated carbocycles. The van der Waals surface area contributed by atoms with E-state index in [9.17, 15) is 9.90 Å². The predicted octanol–water partition coefficient (Wildman–Crippen LogP) is 2.66. The summed E-state index contributed by atoms with van der Waals surface area (Å²) in [5, 5.41) is 12.3. The topological polar surface area (TPSA) is 62.2 Å². The number of carbonyl (C=O) groups is 1. The average molecular weight is 242 g/mol. The van der Waals surface area contributed by atoms with Crippen molar-refractivity contribution in [3.63, 3.8) is 0 Å². The molecule has 0 aliphatic heterocycles. The molecule has 0 radical (unpaired) electrons. The number of anilines is 1. The molecule has 18 heavy (non-hydrogen) atoms. The Morgan fingerprint density at radius 1 is 1.28 bits per heavy atom. The number of hydrogen-bond acceptors (Lipinski definition) is 3. The van der Waals surface area contributed by atoms with Crippen LogP contribution in [0.5, 0.6) is 5.75 Å². The van der Waals surface area contributed by atoms with Crippen LogP contribution in [0.25, 0.3) is 0 Å². The molecule has 0 aliphatic carbocycles. The first-order chi connectivity index (χ1) is 8.58. The monoisotopic (exact) mass is 242 g/mol. The second-order valence-corrected chi connectivity index (χ2v) is 4.09. The number of nitrogens with one attached hydrogen (secondary N) is 1. The first-order valence-corrected chi connectivity index (χ1v) is 5.60. The quantitative estimate of drug-likeness (QED) is 0.851. The van der Waals surface area contributed by atoms with Crippen molar-refractivity contribution in [1.29, 1.82) is 0 Å². The van der Waals surface area contributed by atoms with Crippen LogP contribution in [0.4, 0.5) is 5.69 Å². The first-order valence-electron chi connectivity index (χ1n) is 5.60. The van der Waals surface area contributed by atoms with E-state index in [1.165, 1.54) is 0 Å². The number of amides is 1. The molecule has 2 aromatic rings. The lowest BCUT2D eigenvalue weighted by atomic mass is 10.1. The fraction of sp³-hybridized carbons (Fsp3) is 0.143. The summed E-state index contributed by atoms with van der Waals surface area (Å²) in [5.41, 5.74) is 2.59. The van der Waals surface area contributed by atoms with Crippen molar-refractivity contribution in [2.45, 2.75) is 13.8 Å². The number of phenols is 1. The van der Waals surface area contributed by atoms with Gasteiger partial charge in [-0.3, -0.25) is 9.78 Å². The standard InChI is InChI=1S/C14H14N2O2/c1-9-8-11(6-7-15-9)14(18)16-12-4-3-5-13(17)10(12)2/h3-8,17H,1-2H3,(H,16,18). The highest BCUT2D eigenvalue weighted by Gasteiger charge is 2.09. The maximum absolute atomic E-state index is 12.0. The fourth-order valence-corrected chi connectivity index (χ4v) is 1.64. The number of phenolic OH excluding ortho intramolecular Hbond substituents is 1. The van der Waals surface area contributed by atoms with Gasteiger partial charge < -0.3 is 10.4 Å². The van der Waals surface area contributed by atoms with Gasteiger partial charge in [-0.2, -0.15) is 0 Å². The number of hydrogen-bond donors (Lipinski definition) is 2. The molecule has 0 bridgehead atoms. The molecule has 2 N–H and O–H groups in total. The zero-order chi connectivity index (χ0) is 13.1. The molecule has 4 nitrogen and oxygen atoms in total. The molecule has 0 unspecified atom stereocenters. The van der Waals surface area contributed by atoms with Gasteiger partial charge in [0.05, 0.1) is 0 Å². The lowest BCUT2D eigenvalue weighted by molar-refractivity contribution is 0.102. The number of nitrogens with zero attached hydrogens (tertiary/aromatic N) is 1. The summed E-state index contributed by atoms with van der Waals surface area (Å²) in [6, 6.07) is 8.40. The molecular formula is C14H14N2O2. The van der Waals surface area contributed by atoms with Crippen LogP contribution in [0.1, 0.15) is 21.6 Å². The van der Waals surface area contributed by atoms with Gasteiger partial charge in [0.25, 0.3) is 5.91 Å². The maximum atomic E-state index is 12.0. The third-order valence-corrected chi connectivity index (χ3v) is 2.71. The third-order valence-electron chi connectivity index (χ3n) is 2.71. The number of carbonyl (C=O) groups excluding carboxylic acids is 1. The lowest BCUT2D eigenvalue weighted by Gasteiger charge is -2.09. The third kappa shape index (κ3) is 2.48. The van der Waals surface area contributed by atoms with Crippen LogP contribution in [0.15, 0.2) is 36.5 Å². The minimum Gasteiger partial charge on any atom is -0.508 e. The molecule has 0 fully saturated rings.